The van der Waals surface area contributed by atoms with Crippen LogP contribution in [0.1, 0.15) is 37.0 Å². The fourth-order valence-electron chi connectivity index (χ4n) is 2.64. The number of amides is 2. The third kappa shape index (κ3) is 4.74. The van der Waals surface area contributed by atoms with Crippen molar-refractivity contribution in [2.75, 3.05) is 25.1 Å². The molecule has 0 aromatic heterocycles. The summed E-state index contributed by atoms with van der Waals surface area (Å²) in [6, 6.07) is 4.61. The number of nitrogens with one attached hydrogen (secondary N) is 2. The zero-order valence-electron chi connectivity index (χ0n) is 14.8. The topological polar surface area (TPSA) is 105 Å². The van der Waals surface area contributed by atoms with Crippen molar-refractivity contribution in [3.05, 3.63) is 28.8 Å². The zero-order chi connectivity index (χ0) is 19.3. The SMILES string of the molecule is CC(C)C(=O)Nc1ccc(Cl)c(C(=O)NCC2(C(=O)O)CCOCC2)c1. The van der Waals surface area contributed by atoms with Crippen LogP contribution < -0.4 is 10.6 Å². The average molecular weight is 383 g/mol. The van der Waals surface area contributed by atoms with Crippen molar-refractivity contribution in [2.24, 2.45) is 11.3 Å². The van der Waals surface area contributed by atoms with Crippen molar-refractivity contribution in [3.63, 3.8) is 0 Å². The highest BCUT2D eigenvalue weighted by molar-refractivity contribution is 6.34. The number of carboxylic acids is 1. The number of ether oxygens (including phenoxy) is 1. The molecule has 0 atom stereocenters. The molecule has 0 radical (unpaired) electrons. The maximum atomic E-state index is 12.5. The number of anilines is 1. The van der Waals surface area contributed by atoms with E-state index >= 15 is 0 Å². The summed E-state index contributed by atoms with van der Waals surface area (Å²) >= 11 is 6.10. The predicted octanol–water partition coefficient (Wildman–Crippen LogP) is 2.55. The summed E-state index contributed by atoms with van der Waals surface area (Å²) in [5.74, 6) is -1.81. The fraction of sp³-hybridized carbons (Fsp3) is 0.500. The van der Waals surface area contributed by atoms with Gasteiger partial charge in [0.05, 0.1) is 16.0 Å². The molecule has 1 heterocycles. The molecule has 0 saturated carbocycles. The number of carbonyl (C=O) groups excluding carboxylic acids is 2. The Labute approximate surface area is 157 Å². The Bertz CT molecular complexity index is 699. The van der Waals surface area contributed by atoms with Crippen LogP contribution in [-0.4, -0.2) is 42.6 Å². The summed E-state index contributed by atoms with van der Waals surface area (Å²) in [5, 5.41) is 15.1. The minimum atomic E-state index is -1.04. The second-order valence-corrected chi connectivity index (χ2v) is 7.13. The molecule has 1 saturated heterocycles. The average Bonchev–Trinajstić information content (AvgIpc) is 2.61. The van der Waals surface area contributed by atoms with Crippen LogP contribution >= 0.6 is 11.6 Å². The molecule has 0 bridgehead atoms. The van der Waals surface area contributed by atoms with E-state index in [1.165, 1.54) is 12.1 Å². The molecule has 0 unspecified atom stereocenters. The summed E-state index contributed by atoms with van der Waals surface area (Å²) in [5.41, 5.74) is -0.401. The second-order valence-electron chi connectivity index (χ2n) is 6.72. The highest BCUT2D eigenvalue weighted by Gasteiger charge is 2.40. The van der Waals surface area contributed by atoms with Gasteiger partial charge < -0.3 is 20.5 Å². The first-order valence-corrected chi connectivity index (χ1v) is 8.83. The van der Waals surface area contributed by atoms with E-state index in [1.54, 1.807) is 19.9 Å². The van der Waals surface area contributed by atoms with Crippen molar-refractivity contribution >= 4 is 35.1 Å². The molecule has 0 aliphatic carbocycles. The lowest BCUT2D eigenvalue weighted by molar-refractivity contribution is -0.154. The molecule has 0 spiro atoms. The van der Waals surface area contributed by atoms with Crippen LogP contribution in [0.5, 0.6) is 0 Å². The van der Waals surface area contributed by atoms with Gasteiger partial charge in [-0.2, -0.15) is 0 Å². The third-order valence-corrected chi connectivity index (χ3v) is 4.82. The molecule has 1 aromatic carbocycles. The van der Waals surface area contributed by atoms with Gasteiger partial charge in [0.25, 0.3) is 5.91 Å². The lowest BCUT2D eigenvalue weighted by atomic mass is 9.80. The van der Waals surface area contributed by atoms with Crippen LogP contribution in [0.15, 0.2) is 18.2 Å². The third-order valence-electron chi connectivity index (χ3n) is 4.49. The predicted molar refractivity (Wildman–Crippen MR) is 97.4 cm³/mol. The van der Waals surface area contributed by atoms with Gasteiger partial charge in [0, 0.05) is 31.4 Å². The van der Waals surface area contributed by atoms with Gasteiger partial charge in [0.2, 0.25) is 5.91 Å². The highest BCUT2D eigenvalue weighted by Crippen LogP contribution is 2.30. The molecule has 1 aliphatic heterocycles. The van der Waals surface area contributed by atoms with Gasteiger partial charge in [-0.15, -0.1) is 0 Å². The van der Waals surface area contributed by atoms with E-state index in [-0.39, 0.29) is 29.0 Å². The quantitative estimate of drug-likeness (QED) is 0.701. The van der Waals surface area contributed by atoms with E-state index in [2.05, 4.69) is 10.6 Å². The number of benzene rings is 1. The molecule has 7 nitrogen and oxygen atoms in total. The summed E-state index contributed by atoms with van der Waals surface area (Å²) in [7, 11) is 0. The minimum Gasteiger partial charge on any atom is -0.481 e. The van der Waals surface area contributed by atoms with E-state index in [0.29, 0.717) is 31.7 Å². The van der Waals surface area contributed by atoms with Crippen molar-refractivity contribution in [1.29, 1.82) is 0 Å². The molecule has 1 aliphatic rings. The van der Waals surface area contributed by atoms with Gasteiger partial charge in [0.1, 0.15) is 0 Å². The van der Waals surface area contributed by atoms with E-state index < -0.39 is 17.3 Å². The maximum Gasteiger partial charge on any atom is 0.311 e. The van der Waals surface area contributed by atoms with Crippen LogP contribution in [0.2, 0.25) is 5.02 Å². The number of hydrogen-bond donors (Lipinski definition) is 3. The van der Waals surface area contributed by atoms with Gasteiger partial charge in [0.15, 0.2) is 0 Å². The Balaban J connectivity index is 2.11. The molecule has 1 fully saturated rings. The van der Waals surface area contributed by atoms with E-state index in [9.17, 15) is 19.5 Å². The highest BCUT2D eigenvalue weighted by atomic mass is 35.5. The molecular weight excluding hydrogens is 360 g/mol. The van der Waals surface area contributed by atoms with Crippen LogP contribution in [0.3, 0.4) is 0 Å². The molecule has 3 N–H and O–H groups in total. The molecule has 1 aromatic rings. The van der Waals surface area contributed by atoms with Gasteiger partial charge in [-0.25, -0.2) is 0 Å². The second kappa shape index (κ2) is 8.51. The van der Waals surface area contributed by atoms with Gasteiger partial charge >= 0.3 is 5.97 Å². The fourth-order valence-corrected chi connectivity index (χ4v) is 2.84. The Hall–Kier alpha value is -2.12. The Kier molecular flexibility index (Phi) is 6.61. The van der Waals surface area contributed by atoms with E-state index in [4.69, 9.17) is 16.3 Å². The molecule has 142 valence electrons. The number of aliphatic carboxylic acids is 1. The summed E-state index contributed by atoms with van der Waals surface area (Å²) in [4.78, 5) is 36.0. The molecule has 26 heavy (non-hydrogen) atoms. The van der Waals surface area contributed by atoms with Crippen molar-refractivity contribution in [3.8, 4) is 0 Å². The van der Waals surface area contributed by atoms with E-state index in [0.717, 1.165) is 0 Å². The number of carbonyl (C=O) groups is 3. The van der Waals surface area contributed by atoms with Gasteiger partial charge in [-0.05, 0) is 31.0 Å². The molecule has 2 amide bonds. The molecular formula is C18H23ClN2O5. The zero-order valence-corrected chi connectivity index (χ0v) is 15.6. The smallest absolute Gasteiger partial charge is 0.311 e. The van der Waals surface area contributed by atoms with Crippen LogP contribution in [0, 0.1) is 11.3 Å². The standard InChI is InChI=1S/C18H23ClN2O5/c1-11(2)15(22)21-12-3-4-14(19)13(9-12)16(23)20-10-18(17(24)25)5-7-26-8-6-18/h3-4,9,11H,5-8,10H2,1-2H3,(H,20,23)(H,21,22)(H,24,25). The Morgan fingerprint density at radius 2 is 1.92 bits per heavy atom. The molecule has 8 heteroatoms. The Morgan fingerprint density at radius 1 is 1.27 bits per heavy atom. The largest absolute Gasteiger partial charge is 0.481 e. The number of carboxylic acid groups (broad SMARTS) is 1. The van der Waals surface area contributed by atoms with Gasteiger partial charge in [-0.1, -0.05) is 25.4 Å². The maximum absolute atomic E-state index is 12.5. The number of halogens is 1. The normalized spacial score (nSPS) is 16.2. The lowest BCUT2D eigenvalue weighted by Crippen LogP contribution is -2.46. The Morgan fingerprint density at radius 3 is 2.50 bits per heavy atom. The monoisotopic (exact) mass is 382 g/mol. The van der Waals surface area contributed by atoms with Crippen molar-refractivity contribution < 1.29 is 24.2 Å². The minimum absolute atomic E-state index is 0.0105. The van der Waals surface area contributed by atoms with Crippen molar-refractivity contribution in [2.45, 2.75) is 26.7 Å². The number of rotatable bonds is 6. The van der Waals surface area contributed by atoms with Crippen LogP contribution in [0.25, 0.3) is 0 Å². The number of hydrogen-bond acceptors (Lipinski definition) is 4. The van der Waals surface area contributed by atoms with Crippen LogP contribution in [-0.2, 0) is 14.3 Å². The molecule has 2 rings (SSSR count). The lowest BCUT2D eigenvalue weighted by Gasteiger charge is -2.33. The van der Waals surface area contributed by atoms with Crippen LogP contribution in [0.4, 0.5) is 5.69 Å². The first-order valence-electron chi connectivity index (χ1n) is 8.45. The van der Waals surface area contributed by atoms with E-state index in [1.807, 2.05) is 0 Å². The van der Waals surface area contributed by atoms with Crippen molar-refractivity contribution in [1.82, 2.24) is 5.32 Å². The summed E-state index contributed by atoms with van der Waals surface area (Å²) in [6.07, 6.45) is 0.668. The first kappa shape index (κ1) is 20.2. The first-order chi connectivity index (χ1) is 12.2. The van der Waals surface area contributed by atoms with Gasteiger partial charge in [-0.3, -0.25) is 14.4 Å². The summed E-state index contributed by atoms with van der Waals surface area (Å²) in [6.45, 7) is 4.21. The summed E-state index contributed by atoms with van der Waals surface area (Å²) < 4.78 is 5.22.